The summed E-state index contributed by atoms with van der Waals surface area (Å²) in [4.78, 5) is 0. The highest BCUT2D eigenvalue weighted by Gasteiger charge is 2.27. The molecule has 0 bridgehead atoms. The molecule has 0 fully saturated rings. The van der Waals surface area contributed by atoms with E-state index in [0.29, 0.717) is 6.42 Å². The largest absolute Gasteiger partial charge is 0.485 e. The van der Waals surface area contributed by atoms with E-state index in [4.69, 9.17) is 4.74 Å². The summed E-state index contributed by atoms with van der Waals surface area (Å²) in [5, 5.41) is 10.2. The Labute approximate surface area is 128 Å². The molecule has 2 nitrogen and oxygen atoms in total. The van der Waals surface area contributed by atoms with E-state index in [-0.39, 0.29) is 6.10 Å². The first-order valence-electron chi connectivity index (χ1n) is 6.04. The topological polar surface area (TPSA) is 29.5 Å². The van der Waals surface area contributed by atoms with Gasteiger partial charge in [0.25, 0.3) is 0 Å². The third kappa shape index (κ3) is 2.57. The molecular weight excluding hydrogens is 372 g/mol. The maximum absolute atomic E-state index is 10.2. The lowest BCUT2D eigenvalue weighted by molar-refractivity contribution is 0.0657. The van der Waals surface area contributed by atoms with Gasteiger partial charge in [-0.3, -0.25) is 0 Å². The molecule has 19 heavy (non-hydrogen) atoms. The van der Waals surface area contributed by atoms with Crippen LogP contribution in [0.3, 0.4) is 0 Å². The van der Waals surface area contributed by atoms with Gasteiger partial charge in [0.2, 0.25) is 0 Å². The summed E-state index contributed by atoms with van der Waals surface area (Å²) in [5.74, 6) is 0.769. The third-order valence-corrected chi connectivity index (χ3v) is 5.18. The van der Waals surface area contributed by atoms with Crippen LogP contribution in [-0.2, 0) is 0 Å². The van der Waals surface area contributed by atoms with Crippen LogP contribution >= 0.6 is 31.9 Å². The Morgan fingerprint density at radius 1 is 1.05 bits per heavy atom. The molecule has 0 aromatic heterocycles. The zero-order valence-electron chi connectivity index (χ0n) is 10.0. The van der Waals surface area contributed by atoms with Gasteiger partial charge in [0.1, 0.15) is 11.9 Å². The molecule has 0 radical (unpaired) electrons. The second-order valence-electron chi connectivity index (χ2n) is 4.57. The molecule has 0 amide bonds. The van der Waals surface area contributed by atoms with E-state index in [1.54, 1.807) is 0 Å². The smallest absolute Gasteiger partial charge is 0.127 e. The van der Waals surface area contributed by atoms with E-state index >= 15 is 0 Å². The van der Waals surface area contributed by atoms with Crippen molar-refractivity contribution in [2.45, 2.75) is 18.6 Å². The second kappa shape index (κ2) is 5.27. The van der Waals surface area contributed by atoms with E-state index in [2.05, 4.69) is 31.9 Å². The molecule has 1 N–H and O–H groups in total. The molecule has 2 atom stereocenters. The lowest BCUT2D eigenvalue weighted by Crippen LogP contribution is -2.18. The van der Waals surface area contributed by atoms with Gasteiger partial charge < -0.3 is 9.84 Å². The van der Waals surface area contributed by atoms with Crippen molar-refractivity contribution in [3.8, 4) is 5.75 Å². The first kappa shape index (κ1) is 13.2. The fourth-order valence-corrected chi connectivity index (χ4v) is 2.95. The van der Waals surface area contributed by atoms with Crippen molar-refractivity contribution in [3.63, 3.8) is 0 Å². The standard InChI is InChI=1S/C15H12Br2O2/c16-11-6-5-9(7-12(11)17)15-8-13(18)10-3-1-2-4-14(10)19-15/h1-7,13,15,18H,8H2. The number of hydrogen-bond donors (Lipinski definition) is 1. The minimum atomic E-state index is -0.475. The van der Waals surface area contributed by atoms with Crippen molar-refractivity contribution in [2.24, 2.45) is 0 Å². The van der Waals surface area contributed by atoms with Crippen LogP contribution in [0.5, 0.6) is 5.75 Å². The van der Waals surface area contributed by atoms with Crippen molar-refractivity contribution in [1.82, 2.24) is 0 Å². The number of fused-ring (bicyclic) bond motifs is 1. The molecule has 0 saturated carbocycles. The normalized spacial score (nSPS) is 21.6. The third-order valence-electron chi connectivity index (χ3n) is 3.30. The van der Waals surface area contributed by atoms with Gasteiger partial charge in [0.15, 0.2) is 0 Å². The van der Waals surface area contributed by atoms with Crippen molar-refractivity contribution >= 4 is 31.9 Å². The number of hydrogen-bond acceptors (Lipinski definition) is 2. The number of rotatable bonds is 1. The highest BCUT2D eigenvalue weighted by Crippen LogP contribution is 2.41. The number of ether oxygens (including phenoxy) is 1. The van der Waals surface area contributed by atoms with Crippen molar-refractivity contribution < 1.29 is 9.84 Å². The summed E-state index contributed by atoms with van der Waals surface area (Å²) in [6.45, 7) is 0. The Morgan fingerprint density at radius 3 is 2.63 bits per heavy atom. The zero-order chi connectivity index (χ0) is 13.4. The Morgan fingerprint density at radius 2 is 1.84 bits per heavy atom. The summed E-state index contributed by atoms with van der Waals surface area (Å²) in [7, 11) is 0. The van der Waals surface area contributed by atoms with Gasteiger partial charge in [-0.1, -0.05) is 24.3 Å². The predicted molar refractivity (Wildman–Crippen MR) is 81.2 cm³/mol. The van der Waals surface area contributed by atoms with Crippen LogP contribution < -0.4 is 4.74 Å². The van der Waals surface area contributed by atoms with Crippen LogP contribution in [0, 0.1) is 0 Å². The van der Waals surface area contributed by atoms with E-state index in [0.717, 1.165) is 25.8 Å². The van der Waals surface area contributed by atoms with Gasteiger partial charge in [-0.2, -0.15) is 0 Å². The first-order chi connectivity index (χ1) is 9.15. The predicted octanol–water partition coefficient (Wildman–Crippen LogP) is 4.77. The highest BCUT2D eigenvalue weighted by atomic mass is 79.9. The van der Waals surface area contributed by atoms with Gasteiger partial charge in [0, 0.05) is 20.9 Å². The summed E-state index contributed by atoms with van der Waals surface area (Å²) in [5.41, 5.74) is 1.93. The average Bonchev–Trinajstić information content (AvgIpc) is 2.42. The molecule has 3 rings (SSSR count). The van der Waals surface area contributed by atoms with E-state index in [1.807, 2.05) is 42.5 Å². The Hall–Kier alpha value is -0.840. The molecule has 1 heterocycles. The van der Waals surface area contributed by atoms with Crippen LogP contribution in [0.1, 0.15) is 29.8 Å². The van der Waals surface area contributed by atoms with Gasteiger partial charge in [-0.15, -0.1) is 0 Å². The molecule has 2 unspecified atom stereocenters. The Kier molecular flexibility index (Phi) is 3.65. The van der Waals surface area contributed by atoms with Crippen LogP contribution in [-0.4, -0.2) is 5.11 Å². The average molecular weight is 384 g/mol. The number of aliphatic hydroxyl groups is 1. The number of aliphatic hydroxyl groups excluding tert-OH is 1. The summed E-state index contributed by atoms with van der Waals surface area (Å²) in [6.07, 6.45) is -0.0166. The lowest BCUT2D eigenvalue weighted by atomic mass is 9.95. The minimum absolute atomic E-state index is 0.116. The number of para-hydroxylation sites is 1. The summed E-state index contributed by atoms with van der Waals surface area (Å²) in [6, 6.07) is 13.7. The molecule has 0 aliphatic carbocycles. The Bertz CT molecular complexity index is 613. The van der Waals surface area contributed by atoms with Crippen LogP contribution in [0.4, 0.5) is 0 Å². The number of halogens is 2. The zero-order valence-corrected chi connectivity index (χ0v) is 13.2. The van der Waals surface area contributed by atoms with Crippen molar-refractivity contribution in [2.75, 3.05) is 0 Å². The fraction of sp³-hybridized carbons (Fsp3) is 0.200. The first-order valence-corrected chi connectivity index (χ1v) is 7.62. The highest BCUT2D eigenvalue weighted by molar-refractivity contribution is 9.13. The van der Waals surface area contributed by atoms with Crippen LogP contribution in [0.25, 0.3) is 0 Å². The molecule has 2 aromatic carbocycles. The molecule has 2 aromatic rings. The molecule has 4 heteroatoms. The molecular formula is C15H12Br2O2. The van der Waals surface area contributed by atoms with E-state index < -0.39 is 6.10 Å². The van der Waals surface area contributed by atoms with Gasteiger partial charge >= 0.3 is 0 Å². The summed E-state index contributed by atoms with van der Waals surface area (Å²) < 4.78 is 7.98. The Balaban J connectivity index is 1.94. The lowest BCUT2D eigenvalue weighted by Gasteiger charge is -2.30. The second-order valence-corrected chi connectivity index (χ2v) is 6.28. The SMILES string of the molecule is OC1CC(c2ccc(Br)c(Br)c2)Oc2ccccc21. The monoisotopic (exact) mass is 382 g/mol. The van der Waals surface area contributed by atoms with Gasteiger partial charge in [-0.25, -0.2) is 0 Å². The van der Waals surface area contributed by atoms with Crippen molar-refractivity contribution in [3.05, 3.63) is 62.5 Å². The molecule has 0 saturated heterocycles. The maximum atomic E-state index is 10.2. The fourth-order valence-electron chi connectivity index (χ4n) is 2.31. The van der Waals surface area contributed by atoms with E-state index in [1.165, 1.54) is 0 Å². The quantitative estimate of drug-likeness (QED) is 0.768. The molecule has 1 aliphatic heterocycles. The molecule has 0 spiro atoms. The van der Waals surface area contributed by atoms with Gasteiger partial charge in [-0.05, 0) is 55.6 Å². The minimum Gasteiger partial charge on any atom is -0.485 e. The summed E-state index contributed by atoms with van der Waals surface area (Å²) >= 11 is 6.95. The molecule has 98 valence electrons. The molecule has 1 aliphatic rings. The van der Waals surface area contributed by atoms with E-state index in [9.17, 15) is 5.11 Å². The van der Waals surface area contributed by atoms with Crippen LogP contribution in [0.15, 0.2) is 51.4 Å². The number of benzene rings is 2. The van der Waals surface area contributed by atoms with Gasteiger partial charge in [0.05, 0.1) is 6.10 Å². The maximum Gasteiger partial charge on any atom is 0.127 e. The van der Waals surface area contributed by atoms with Crippen molar-refractivity contribution in [1.29, 1.82) is 0 Å². The van der Waals surface area contributed by atoms with Crippen LogP contribution in [0.2, 0.25) is 0 Å².